The zero-order valence-electron chi connectivity index (χ0n) is 17.1. The average Bonchev–Trinajstić information content (AvgIpc) is 3.45. The molecule has 30 heavy (non-hydrogen) atoms. The molecule has 2 aliphatic heterocycles. The molecule has 9 heteroatoms. The van der Waals surface area contributed by atoms with Crippen molar-refractivity contribution >= 4 is 27.3 Å². The number of thiophene rings is 1. The molecule has 0 aliphatic carbocycles. The molecule has 0 unspecified atom stereocenters. The van der Waals surface area contributed by atoms with Gasteiger partial charge in [-0.3, -0.25) is 9.69 Å². The highest BCUT2D eigenvalue weighted by Crippen LogP contribution is 2.34. The predicted octanol–water partition coefficient (Wildman–Crippen LogP) is 2.43. The lowest BCUT2D eigenvalue weighted by Gasteiger charge is -2.35. The molecule has 3 heterocycles. The first kappa shape index (κ1) is 21.3. The second kappa shape index (κ2) is 9.05. The van der Waals surface area contributed by atoms with E-state index in [0.29, 0.717) is 44.5 Å². The summed E-state index contributed by atoms with van der Waals surface area (Å²) in [6.07, 6.45) is 2.19. The Bertz CT molecular complexity index is 953. The lowest BCUT2D eigenvalue weighted by Crippen LogP contribution is -2.52. The van der Waals surface area contributed by atoms with Gasteiger partial charge in [-0.05, 0) is 55.1 Å². The molecule has 0 radical (unpaired) electrons. The first-order chi connectivity index (χ1) is 14.5. The minimum atomic E-state index is -3.57. The van der Waals surface area contributed by atoms with Crippen LogP contribution in [0.2, 0.25) is 0 Å². The average molecular weight is 450 g/mol. The van der Waals surface area contributed by atoms with Crippen LogP contribution < -0.4 is 4.74 Å². The van der Waals surface area contributed by atoms with E-state index in [1.807, 2.05) is 0 Å². The fourth-order valence-electron chi connectivity index (χ4n) is 4.17. The second-order valence-electron chi connectivity index (χ2n) is 7.60. The molecule has 0 spiro atoms. The van der Waals surface area contributed by atoms with Crippen LogP contribution in [0, 0.1) is 0 Å². The highest BCUT2D eigenvalue weighted by Gasteiger charge is 2.33. The van der Waals surface area contributed by atoms with Crippen molar-refractivity contribution in [3.63, 3.8) is 0 Å². The zero-order chi connectivity index (χ0) is 21.1. The number of methoxy groups -OCH3 is 1. The molecular formula is C21H27N3O4S2. The van der Waals surface area contributed by atoms with Crippen LogP contribution in [-0.4, -0.2) is 74.8 Å². The molecule has 162 valence electrons. The lowest BCUT2D eigenvalue weighted by atomic mass is 10.2. The monoisotopic (exact) mass is 449 g/mol. The van der Waals surface area contributed by atoms with Crippen LogP contribution in [0.15, 0.2) is 46.7 Å². The van der Waals surface area contributed by atoms with E-state index in [0.717, 1.165) is 19.4 Å². The third-order valence-electron chi connectivity index (χ3n) is 5.86. The zero-order valence-corrected chi connectivity index (χ0v) is 18.7. The third kappa shape index (κ3) is 4.39. The van der Waals surface area contributed by atoms with Crippen LogP contribution in [0.1, 0.15) is 23.8 Å². The largest absolute Gasteiger partial charge is 0.497 e. The van der Waals surface area contributed by atoms with Gasteiger partial charge in [0, 0.05) is 37.1 Å². The van der Waals surface area contributed by atoms with Crippen molar-refractivity contribution in [1.29, 1.82) is 0 Å². The number of carbonyl (C=O) groups excluding carboxylic acids is 1. The van der Waals surface area contributed by atoms with Crippen molar-refractivity contribution in [1.82, 2.24) is 14.1 Å². The maximum Gasteiger partial charge on any atom is 0.243 e. The van der Waals surface area contributed by atoms with Gasteiger partial charge in [-0.25, -0.2) is 8.42 Å². The number of ether oxygens (including phenoxy) is 1. The smallest absolute Gasteiger partial charge is 0.243 e. The molecule has 0 saturated carbocycles. The summed E-state index contributed by atoms with van der Waals surface area (Å²) < 4.78 is 32.3. The topological polar surface area (TPSA) is 70.2 Å². The summed E-state index contributed by atoms with van der Waals surface area (Å²) in [5, 5.41) is 2.08. The first-order valence-corrected chi connectivity index (χ1v) is 12.5. The van der Waals surface area contributed by atoms with Crippen LogP contribution in [0.25, 0.3) is 0 Å². The van der Waals surface area contributed by atoms with Gasteiger partial charge < -0.3 is 9.64 Å². The normalized spacial score (nSPS) is 21.1. The molecule has 7 nitrogen and oxygen atoms in total. The van der Waals surface area contributed by atoms with Gasteiger partial charge in [0.25, 0.3) is 0 Å². The Morgan fingerprint density at radius 3 is 2.47 bits per heavy atom. The maximum absolute atomic E-state index is 12.9. The molecule has 2 saturated heterocycles. The minimum Gasteiger partial charge on any atom is -0.497 e. The number of benzene rings is 1. The van der Waals surface area contributed by atoms with Gasteiger partial charge in [-0.15, -0.1) is 11.3 Å². The molecule has 0 bridgehead atoms. The van der Waals surface area contributed by atoms with E-state index in [1.165, 1.54) is 9.18 Å². The van der Waals surface area contributed by atoms with Gasteiger partial charge >= 0.3 is 0 Å². The Kier molecular flexibility index (Phi) is 6.43. The summed E-state index contributed by atoms with van der Waals surface area (Å²) >= 11 is 1.74. The molecule has 4 rings (SSSR count). The van der Waals surface area contributed by atoms with Crippen molar-refractivity contribution in [2.24, 2.45) is 0 Å². The molecule has 1 aromatic heterocycles. The number of nitrogens with zero attached hydrogens (tertiary/aromatic N) is 3. The van der Waals surface area contributed by atoms with Gasteiger partial charge in [0.05, 0.1) is 18.6 Å². The maximum atomic E-state index is 12.9. The number of likely N-dealkylation sites (tertiary alicyclic amines) is 1. The van der Waals surface area contributed by atoms with Crippen molar-refractivity contribution in [3.05, 3.63) is 46.7 Å². The number of hydrogen-bond acceptors (Lipinski definition) is 6. The van der Waals surface area contributed by atoms with E-state index in [9.17, 15) is 13.2 Å². The van der Waals surface area contributed by atoms with E-state index in [1.54, 1.807) is 47.6 Å². The van der Waals surface area contributed by atoms with Gasteiger partial charge in [0.2, 0.25) is 15.9 Å². The van der Waals surface area contributed by atoms with Crippen LogP contribution in [0.3, 0.4) is 0 Å². The fourth-order valence-corrected chi connectivity index (χ4v) is 6.48. The van der Waals surface area contributed by atoms with Gasteiger partial charge in [0.15, 0.2) is 0 Å². The summed E-state index contributed by atoms with van der Waals surface area (Å²) in [7, 11) is -2.02. The minimum absolute atomic E-state index is 0.0833. The summed E-state index contributed by atoms with van der Waals surface area (Å²) in [5.41, 5.74) is 0. The van der Waals surface area contributed by atoms with Crippen LogP contribution in [0.5, 0.6) is 5.75 Å². The van der Waals surface area contributed by atoms with E-state index in [-0.39, 0.29) is 10.8 Å². The lowest BCUT2D eigenvalue weighted by molar-refractivity contribution is -0.133. The Morgan fingerprint density at radius 1 is 1.10 bits per heavy atom. The number of amides is 1. The standard InChI is InChI=1S/C21H27N3O4S2/c1-28-17-6-8-18(9-7-17)30(26,27)24-13-11-22(12-14-24)21(25)16-23-10-2-4-19(23)20-5-3-15-29-20/h3,5-9,15,19H,2,4,10-14,16H2,1H3/t19-/m1/s1. The van der Waals surface area contributed by atoms with Crippen molar-refractivity contribution in [3.8, 4) is 5.75 Å². The summed E-state index contributed by atoms with van der Waals surface area (Å²) in [6, 6.07) is 10.9. The summed E-state index contributed by atoms with van der Waals surface area (Å²) in [6.45, 7) is 2.80. The van der Waals surface area contributed by atoms with Gasteiger partial charge in [0.1, 0.15) is 5.75 Å². The Labute approximate surface area is 181 Å². The van der Waals surface area contributed by atoms with E-state index < -0.39 is 10.0 Å². The highest BCUT2D eigenvalue weighted by atomic mass is 32.2. The molecule has 2 aliphatic rings. The number of hydrogen-bond donors (Lipinski definition) is 0. The number of piperazine rings is 1. The number of rotatable bonds is 6. The Morgan fingerprint density at radius 2 is 1.83 bits per heavy atom. The van der Waals surface area contributed by atoms with Crippen LogP contribution >= 0.6 is 11.3 Å². The van der Waals surface area contributed by atoms with Crippen LogP contribution in [0.4, 0.5) is 0 Å². The summed E-state index contributed by atoms with van der Waals surface area (Å²) in [4.78, 5) is 18.5. The molecule has 2 aromatic rings. The quantitative estimate of drug-likeness (QED) is 0.678. The van der Waals surface area contributed by atoms with E-state index >= 15 is 0 Å². The SMILES string of the molecule is COc1ccc(S(=O)(=O)N2CCN(C(=O)CN3CCC[C@@H]3c3cccs3)CC2)cc1. The van der Waals surface area contributed by atoms with Crippen LogP contribution in [-0.2, 0) is 14.8 Å². The Hall–Kier alpha value is -1.94. The molecule has 0 N–H and O–H groups in total. The number of carbonyl (C=O) groups is 1. The van der Waals surface area contributed by atoms with E-state index in [2.05, 4.69) is 22.4 Å². The molecule has 1 atom stereocenters. The molecule has 1 amide bonds. The van der Waals surface area contributed by atoms with Crippen molar-refractivity contribution in [2.45, 2.75) is 23.8 Å². The number of sulfonamides is 1. The van der Waals surface area contributed by atoms with Gasteiger partial charge in [-0.2, -0.15) is 4.31 Å². The second-order valence-corrected chi connectivity index (χ2v) is 10.5. The van der Waals surface area contributed by atoms with E-state index in [4.69, 9.17) is 4.74 Å². The Balaban J connectivity index is 1.34. The van der Waals surface area contributed by atoms with Gasteiger partial charge in [-0.1, -0.05) is 6.07 Å². The van der Waals surface area contributed by atoms with Crippen molar-refractivity contribution < 1.29 is 17.9 Å². The molecule has 2 fully saturated rings. The summed E-state index contributed by atoms with van der Waals surface area (Å²) in [5.74, 6) is 0.701. The fraction of sp³-hybridized carbons (Fsp3) is 0.476. The third-order valence-corrected chi connectivity index (χ3v) is 8.75. The molecule has 1 aromatic carbocycles. The van der Waals surface area contributed by atoms with Crippen molar-refractivity contribution in [2.75, 3.05) is 46.4 Å². The predicted molar refractivity (Wildman–Crippen MR) is 116 cm³/mol. The highest BCUT2D eigenvalue weighted by molar-refractivity contribution is 7.89. The first-order valence-electron chi connectivity index (χ1n) is 10.2. The molecular weight excluding hydrogens is 422 g/mol.